The predicted octanol–water partition coefficient (Wildman–Crippen LogP) is 3.24. The Morgan fingerprint density at radius 3 is 2.17 bits per heavy atom. The summed E-state index contributed by atoms with van der Waals surface area (Å²) >= 11 is 1.46. The third-order valence-electron chi connectivity index (χ3n) is 4.46. The molecule has 1 saturated heterocycles. The normalized spacial score (nSPS) is 13.6. The first-order valence-electron chi connectivity index (χ1n) is 9.29. The van der Waals surface area contributed by atoms with Gasteiger partial charge in [0, 0.05) is 23.4 Å². The van der Waals surface area contributed by atoms with Gasteiger partial charge in [-0.15, -0.1) is 10.2 Å². The molecular formula is C21H19N5O2S. The number of nitrogens with zero attached hydrogens (tertiary/aromatic N) is 4. The Balaban J connectivity index is 1.50. The zero-order valence-electron chi connectivity index (χ0n) is 15.6. The molecule has 0 unspecified atom stereocenters. The Labute approximate surface area is 172 Å². The van der Waals surface area contributed by atoms with Crippen molar-refractivity contribution in [2.75, 3.05) is 18.8 Å². The molecule has 1 aliphatic rings. The molecule has 4 rings (SSSR count). The number of hydrogen-bond acceptors (Lipinski definition) is 6. The molecule has 0 saturated carbocycles. The van der Waals surface area contributed by atoms with Gasteiger partial charge in [-0.1, -0.05) is 72.4 Å². The molecule has 1 aromatic heterocycles. The summed E-state index contributed by atoms with van der Waals surface area (Å²) in [6, 6.07) is 19.4. The SMILES string of the molecule is O=C1CNC(=O)N1CCCSc1nnc(-c2ccccc2)c(-c2ccccc2)n1. The van der Waals surface area contributed by atoms with Gasteiger partial charge in [0.1, 0.15) is 11.4 Å². The van der Waals surface area contributed by atoms with E-state index < -0.39 is 0 Å². The zero-order chi connectivity index (χ0) is 20.1. The van der Waals surface area contributed by atoms with Crippen molar-refractivity contribution in [1.29, 1.82) is 0 Å². The molecule has 1 fully saturated rings. The van der Waals surface area contributed by atoms with E-state index in [0.717, 1.165) is 22.5 Å². The molecule has 2 heterocycles. The second-order valence-corrected chi connectivity index (χ2v) is 7.49. The summed E-state index contributed by atoms with van der Waals surface area (Å²) < 4.78 is 0. The lowest BCUT2D eigenvalue weighted by Crippen LogP contribution is -2.32. The molecule has 0 atom stereocenters. The van der Waals surface area contributed by atoms with Gasteiger partial charge in [0.05, 0.1) is 6.54 Å². The van der Waals surface area contributed by atoms with E-state index in [2.05, 4.69) is 15.5 Å². The predicted molar refractivity (Wildman–Crippen MR) is 111 cm³/mol. The zero-order valence-corrected chi connectivity index (χ0v) is 16.4. The average molecular weight is 405 g/mol. The topological polar surface area (TPSA) is 88.1 Å². The monoisotopic (exact) mass is 405 g/mol. The van der Waals surface area contributed by atoms with Crippen LogP contribution in [0.25, 0.3) is 22.5 Å². The second-order valence-electron chi connectivity index (χ2n) is 6.43. The molecule has 0 bridgehead atoms. The minimum atomic E-state index is -0.323. The molecule has 146 valence electrons. The highest BCUT2D eigenvalue weighted by atomic mass is 32.2. The first-order valence-corrected chi connectivity index (χ1v) is 10.3. The number of imide groups is 1. The fourth-order valence-electron chi connectivity index (χ4n) is 3.03. The Hall–Kier alpha value is -3.26. The van der Waals surface area contributed by atoms with Crippen LogP contribution in [-0.4, -0.2) is 50.9 Å². The first kappa shape index (κ1) is 19.1. The van der Waals surface area contributed by atoms with Crippen molar-refractivity contribution < 1.29 is 9.59 Å². The standard InChI is InChI=1S/C21H19N5O2S/c27-17-14-22-21(28)26(17)12-7-13-29-20-23-18(15-8-3-1-4-9-15)19(24-25-20)16-10-5-2-6-11-16/h1-6,8-11H,7,12-14H2,(H,22,28). The highest BCUT2D eigenvalue weighted by Crippen LogP contribution is 2.29. The molecule has 2 aromatic carbocycles. The van der Waals surface area contributed by atoms with Crippen LogP contribution in [0.1, 0.15) is 6.42 Å². The van der Waals surface area contributed by atoms with Gasteiger partial charge in [-0.25, -0.2) is 9.78 Å². The van der Waals surface area contributed by atoms with Crippen molar-refractivity contribution in [2.45, 2.75) is 11.6 Å². The molecule has 1 aliphatic heterocycles. The molecular weight excluding hydrogens is 386 g/mol. The summed E-state index contributed by atoms with van der Waals surface area (Å²) in [6.07, 6.45) is 0.661. The quantitative estimate of drug-likeness (QED) is 0.369. The van der Waals surface area contributed by atoms with Gasteiger partial charge in [-0.05, 0) is 6.42 Å². The van der Waals surface area contributed by atoms with Crippen molar-refractivity contribution in [1.82, 2.24) is 25.4 Å². The first-order chi connectivity index (χ1) is 14.2. The lowest BCUT2D eigenvalue weighted by molar-refractivity contribution is -0.124. The van der Waals surface area contributed by atoms with Crippen molar-refractivity contribution in [3.8, 4) is 22.5 Å². The van der Waals surface area contributed by atoms with E-state index in [1.807, 2.05) is 60.7 Å². The number of amides is 3. The van der Waals surface area contributed by atoms with Crippen molar-refractivity contribution >= 4 is 23.7 Å². The van der Waals surface area contributed by atoms with Gasteiger partial charge < -0.3 is 5.32 Å². The Bertz CT molecular complexity index is 998. The van der Waals surface area contributed by atoms with Crippen LogP contribution in [-0.2, 0) is 4.79 Å². The molecule has 7 nitrogen and oxygen atoms in total. The van der Waals surface area contributed by atoms with E-state index in [9.17, 15) is 9.59 Å². The highest BCUT2D eigenvalue weighted by molar-refractivity contribution is 7.99. The number of aromatic nitrogens is 3. The number of rotatable bonds is 7. The fourth-order valence-corrected chi connectivity index (χ4v) is 3.74. The van der Waals surface area contributed by atoms with Crippen LogP contribution < -0.4 is 5.32 Å². The number of thioether (sulfide) groups is 1. The molecule has 3 aromatic rings. The van der Waals surface area contributed by atoms with Crippen molar-refractivity contribution in [3.05, 3.63) is 60.7 Å². The fraction of sp³-hybridized carbons (Fsp3) is 0.190. The van der Waals surface area contributed by atoms with E-state index in [-0.39, 0.29) is 18.5 Å². The maximum Gasteiger partial charge on any atom is 0.324 e. The Morgan fingerprint density at radius 2 is 1.55 bits per heavy atom. The van der Waals surface area contributed by atoms with Crippen LogP contribution in [0.15, 0.2) is 65.8 Å². The van der Waals surface area contributed by atoms with E-state index >= 15 is 0 Å². The summed E-state index contributed by atoms with van der Waals surface area (Å²) in [7, 11) is 0. The van der Waals surface area contributed by atoms with Crippen molar-refractivity contribution in [2.24, 2.45) is 0 Å². The third kappa shape index (κ3) is 4.43. The molecule has 1 N–H and O–H groups in total. The largest absolute Gasteiger partial charge is 0.329 e. The van der Waals surface area contributed by atoms with Crippen molar-refractivity contribution in [3.63, 3.8) is 0 Å². The van der Waals surface area contributed by atoms with E-state index in [0.29, 0.717) is 23.9 Å². The Kier molecular flexibility index (Phi) is 5.81. The number of carbonyl (C=O) groups is 2. The lowest BCUT2D eigenvalue weighted by Gasteiger charge is -2.12. The molecule has 0 aliphatic carbocycles. The maximum absolute atomic E-state index is 11.6. The van der Waals surface area contributed by atoms with Gasteiger partial charge in [-0.3, -0.25) is 9.69 Å². The number of nitrogens with one attached hydrogen (secondary N) is 1. The van der Waals surface area contributed by atoms with Crippen LogP contribution in [0.4, 0.5) is 4.79 Å². The third-order valence-corrected chi connectivity index (χ3v) is 5.38. The van der Waals surface area contributed by atoms with Crippen LogP contribution >= 0.6 is 11.8 Å². The van der Waals surface area contributed by atoms with Crippen LogP contribution in [0, 0.1) is 0 Å². The summed E-state index contributed by atoms with van der Waals surface area (Å²) in [5.74, 6) is 0.494. The van der Waals surface area contributed by atoms with Gasteiger partial charge in [0.15, 0.2) is 0 Å². The van der Waals surface area contributed by atoms with Gasteiger partial charge >= 0.3 is 6.03 Å². The van der Waals surface area contributed by atoms with Gasteiger partial charge in [-0.2, -0.15) is 0 Å². The molecule has 29 heavy (non-hydrogen) atoms. The summed E-state index contributed by atoms with van der Waals surface area (Å²) in [5, 5.41) is 11.8. The molecule has 0 radical (unpaired) electrons. The smallest absolute Gasteiger partial charge is 0.324 e. The minimum Gasteiger partial charge on any atom is -0.329 e. The summed E-state index contributed by atoms with van der Waals surface area (Å²) in [5.41, 5.74) is 3.45. The maximum atomic E-state index is 11.6. The summed E-state index contributed by atoms with van der Waals surface area (Å²) in [4.78, 5) is 29.2. The van der Waals surface area contributed by atoms with E-state index in [4.69, 9.17) is 4.98 Å². The summed E-state index contributed by atoms with van der Waals surface area (Å²) in [6.45, 7) is 0.471. The van der Waals surface area contributed by atoms with Crippen LogP contribution in [0.2, 0.25) is 0 Å². The average Bonchev–Trinajstić information content (AvgIpc) is 3.10. The lowest BCUT2D eigenvalue weighted by atomic mass is 10.0. The van der Waals surface area contributed by atoms with Crippen LogP contribution in [0.3, 0.4) is 0 Å². The van der Waals surface area contributed by atoms with Crippen LogP contribution in [0.5, 0.6) is 0 Å². The minimum absolute atomic E-state index is 0.0837. The number of hydrogen-bond donors (Lipinski definition) is 1. The van der Waals surface area contributed by atoms with Gasteiger partial charge in [0.25, 0.3) is 0 Å². The molecule has 0 spiro atoms. The number of benzene rings is 2. The molecule has 3 amide bonds. The van der Waals surface area contributed by atoms with E-state index in [1.165, 1.54) is 16.7 Å². The number of carbonyl (C=O) groups excluding carboxylic acids is 2. The number of urea groups is 1. The van der Waals surface area contributed by atoms with Gasteiger partial charge in [0.2, 0.25) is 11.1 Å². The Morgan fingerprint density at radius 1 is 0.897 bits per heavy atom. The highest BCUT2D eigenvalue weighted by Gasteiger charge is 2.27. The second kappa shape index (κ2) is 8.83. The van der Waals surface area contributed by atoms with E-state index in [1.54, 1.807) is 0 Å². The molecule has 8 heteroatoms.